The summed E-state index contributed by atoms with van der Waals surface area (Å²) in [7, 11) is 0. The summed E-state index contributed by atoms with van der Waals surface area (Å²) in [5, 5.41) is 3.65. The van der Waals surface area contributed by atoms with E-state index in [-0.39, 0.29) is 0 Å². The number of hydrogen-bond acceptors (Lipinski definition) is 4. The number of hydrogen-bond donors (Lipinski definition) is 1. The molecule has 5 nitrogen and oxygen atoms in total. The van der Waals surface area contributed by atoms with E-state index in [1.54, 1.807) is 0 Å². The highest BCUT2D eigenvalue weighted by molar-refractivity contribution is 5.86. The number of benzene rings is 2. The van der Waals surface area contributed by atoms with Crippen molar-refractivity contribution in [2.45, 2.75) is 64.8 Å². The first kappa shape index (κ1) is 20.5. The molecule has 0 amide bonds. The highest BCUT2D eigenvalue weighted by Crippen LogP contribution is 2.32. The van der Waals surface area contributed by atoms with Crippen LogP contribution in [0.4, 0.5) is 5.69 Å². The van der Waals surface area contributed by atoms with Crippen molar-refractivity contribution in [3.8, 4) is 0 Å². The van der Waals surface area contributed by atoms with Gasteiger partial charge in [0.05, 0.1) is 23.2 Å². The van der Waals surface area contributed by atoms with E-state index in [2.05, 4.69) is 78.0 Å². The van der Waals surface area contributed by atoms with Crippen LogP contribution in [0.1, 0.15) is 44.1 Å². The van der Waals surface area contributed by atoms with Crippen LogP contribution < -0.4 is 5.32 Å². The van der Waals surface area contributed by atoms with Crippen molar-refractivity contribution in [3.63, 3.8) is 0 Å². The lowest BCUT2D eigenvalue weighted by Gasteiger charge is -2.35. The van der Waals surface area contributed by atoms with Crippen LogP contribution in [0, 0.1) is 0 Å². The van der Waals surface area contributed by atoms with Crippen molar-refractivity contribution in [1.82, 2.24) is 14.5 Å². The van der Waals surface area contributed by atoms with Crippen molar-refractivity contribution in [1.29, 1.82) is 0 Å². The Balaban J connectivity index is 1.48. The second-order valence-corrected chi connectivity index (χ2v) is 9.40. The summed E-state index contributed by atoms with van der Waals surface area (Å²) in [6.07, 6.45) is 3.72. The molecule has 2 aromatic carbocycles. The molecule has 0 unspecified atom stereocenters. The number of nitrogens with one attached hydrogen (secondary N) is 1. The minimum Gasteiger partial charge on any atom is -0.382 e. The molecule has 3 heterocycles. The van der Waals surface area contributed by atoms with Gasteiger partial charge in [-0.15, -0.1) is 0 Å². The standard InChI is InChI=1S/C26H34N4O/c1-18-9-10-22-23(27-18)11-12-24-26(22)28-25(15-21-7-5-4-6-8-21)30(24)14-13-29-16-19(2)31-20(3)17-29/h4-8,11-12,18-20,27H,9-10,13-17H2,1-3H3/t18-,19+,20+/m0/s1. The summed E-state index contributed by atoms with van der Waals surface area (Å²) in [5.74, 6) is 1.17. The lowest BCUT2D eigenvalue weighted by molar-refractivity contribution is -0.0685. The molecule has 1 saturated heterocycles. The Bertz CT molecular complexity index is 1030. The molecular formula is C26H34N4O. The average Bonchev–Trinajstić information content (AvgIpc) is 3.09. The fourth-order valence-corrected chi connectivity index (χ4v) is 5.25. The Morgan fingerprint density at radius 3 is 2.55 bits per heavy atom. The zero-order valence-corrected chi connectivity index (χ0v) is 19.0. The molecule has 2 aliphatic heterocycles. The summed E-state index contributed by atoms with van der Waals surface area (Å²) < 4.78 is 8.39. The maximum absolute atomic E-state index is 5.93. The SMILES string of the molecule is C[C@@H]1CN(CCn2c(Cc3ccccc3)nc3c4c(ccc32)N[C@@H](C)CC4)C[C@@H](C)O1. The van der Waals surface area contributed by atoms with E-state index in [1.165, 1.54) is 33.7 Å². The minimum atomic E-state index is 0.298. The van der Waals surface area contributed by atoms with Gasteiger partial charge in [0.2, 0.25) is 0 Å². The van der Waals surface area contributed by atoms with Crippen molar-refractivity contribution in [2.75, 3.05) is 25.0 Å². The molecule has 3 aromatic rings. The molecule has 5 heteroatoms. The maximum atomic E-state index is 5.93. The number of aromatic nitrogens is 2. The molecule has 1 N–H and O–H groups in total. The zero-order valence-electron chi connectivity index (χ0n) is 19.0. The predicted molar refractivity (Wildman–Crippen MR) is 127 cm³/mol. The van der Waals surface area contributed by atoms with Gasteiger partial charge in [-0.25, -0.2) is 4.98 Å². The van der Waals surface area contributed by atoms with E-state index < -0.39 is 0 Å². The third-order valence-electron chi connectivity index (χ3n) is 6.67. The van der Waals surface area contributed by atoms with Gasteiger partial charge in [-0.05, 0) is 51.3 Å². The van der Waals surface area contributed by atoms with Crippen molar-refractivity contribution >= 4 is 16.7 Å². The number of imidazole rings is 1. The molecule has 5 rings (SSSR count). The van der Waals surface area contributed by atoms with Crippen LogP contribution in [-0.2, 0) is 24.1 Å². The smallest absolute Gasteiger partial charge is 0.114 e. The number of aryl methyl sites for hydroxylation is 1. The maximum Gasteiger partial charge on any atom is 0.114 e. The molecule has 0 bridgehead atoms. The quantitative estimate of drug-likeness (QED) is 0.663. The molecule has 2 aliphatic rings. The summed E-state index contributed by atoms with van der Waals surface area (Å²) >= 11 is 0. The van der Waals surface area contributed by atoms with Crippen molar-refractivity contribution in [2.24, 2.45) is 0 Å². The van der Waals surface area contributed by atoms with Crippen LogP contribution in [0.25, 0.3) is 11.0 Å². The Morgan fingerprint density at radius 2 is 1.77 bits per heavy atom. The number of morpholine rings is 1. The molecule has 0 spiro atoms. The van der Waals surface area contributed by atoms with E-state index in [9.17, 15) is 0 Å². The average molecular weight is 419 g/mol. The monoisotopic (exact) mass is 418 g/mol. The normalized spacial score (nSPS) is 24.2. The molecule has 31 heavy (non-hydrogen) atoms. The Kier molecular flexibility index (Phi) is 5.72. The summed E-state index contributed by atoms with van der Waals surface area (Å²) in [6, 6.07) is 15.8. The first-order valence-corrected chi connectivity index (χ1v) is 11.8. The van der Waals surface area contributed by atoms with Crippen LogP contribution in [0.2, 0.25) is 0 Å². The third kappa shape index (κ3) is 4.35. The minimum absolute atomic E-state index is 0.298. The fourth-order valence-electron chi connectivity index (χ4n) is 5.25. The van der Waals surface area contributed by atoms with E-state index >= 15 is 0 Å². The molecule has 164 valence electrons. The first-order valence-electron chi connectivity index (χ1n) is 11.8. The lowest BCUT2D eigenvalue weighted by Crippen LogP contribution is -2.46. The summed E-state index contributed by atoms with van der Waals surface area (Å²) in [5.41, 5.74) is 6.42. The van der Waals surface area contributed by atoms with Crippen molar-refractivity contribution < 1.29 is 4.74 Å². The Hall–Kier alpha value is -2.37. The van der Waals surface area contributed by atoms with Gasteiger partial charge in [0.1, 0.15) is 5.82 Å². The van der Waals surface area contributed by atoms with Crippen LogP contribution in [0.3, 0.4) is 0 Å². The molecule has 1 fully saturated rings. The second kappa shape index (κ2) is 8.64. The topological polar surface area (TPSA) is 42.3 Å². The van der Waals surface area contributed by atoms with E-state index in [4.69, 9.17) is 9.72 Å². The Morgan fingerprint density at radius 1 is 1.00 bits per heavy atom. The molecule has 1 aromatic heterocycles. The van der Waals surface area contributed by atoms with Crippen LogP contribution in [0.5, 0.6) is 0 Å². The largest absolute Gasteiger partial charge is 0.382 e. The third-order valence-corrected chi connectivity index (χ3v) is 6.67. The number of nitrogens with zero attached hydrogens (tertiary/aromatic N) is 3. The highest BCUT2D eigenvalue weighted by atomic mass is 16.5. The summed E-state index contributed by atoms with van der Waals surface area (Å²) in [4.78, 5) is 7.76. The second-order valence-electron chi connectivity index (χ2n) is 9.40. The highest BCUT2D eigenvalue weighted by Gasteiger charge is 2.24. The number of ether oxygens (including phenoxy) is 1. The molecular weight excluding hydrogens is 384 g/mol. The molecule has 3 atom stereocenters. The first-order chi connectivity index (χ1) is 15.1. The van der Waals surface area contributed by atoms with Crippen LogP contribution >= 0.6 is 0 Å². The summed E-state index contributed by atoms with van der Waals surface area (Å²) in [6.45, 7) is 10.6. The lowest BCUT2D eigenvalue weighted by atomic mass is 9.98. The van der Waals surface area contributed by atoms with Gasteiger partial charge in [-0.1, -0.05) is 30.3 Å². The van der Waals surface area contributed by atoms with Gasteiger partial charge in [0.15, 0.2) is 0 Å². The van der Waals surface area contributed by atoms with Crippen molar-refractivity contribution in [3.05, 3.63) is 59.4 Å². The van der Waals surface area contributed by atoms with Crippen LogP contribution in [-0.4, -0.2) is 52.3 Å². The number of anilines is 1. The van der Waals surface area contributed by atoms with E-state index in [0.717, 1.165) is 45.4 Å². The van der Waals surface area contributed by atoms with E-state index in [1.807, 2.05) is 0 Å². The number of rotatable bonds is 5. The Labute approximate surface area is 185 Å². The van der Waals surface area contributed by atoms with Gasteiger partial charge in [-0.2, -0.15) is 0 Å². The predicted octanol–water partition coefficient (Wildman–Crippen LogP) is 4.48. The van der Waals surface area contributed by atoms with E-state index in [0.29, 0.717) is 18.2 Å². The number of fused-ring (bicyclic) bond motifs is 3. The zero-order chi connectivity index (χ0) is 21.4. The van der Waals surface area contributed by atoms with Gasteiger partial charge in [0.25, 0.3) is 0 Å². The molecule has 0 aliphatic carbocycles. The van der Waals surface area contributed by atoms with Crippen LogP contribution in [0.15, 0.2) is 42.5 Å². The fraction of sp³-hybridized carbons (Fsp3) is 0.500. The molecule has 0 saturated carbocycles. The van der Waals surface area contributed by atoms with Gasteiger partial charge < -0.3 is 14.6 Å². The molecule has 0 radical (unpaired) electrons. The van der Waals surface area contributed by atoms with Gasteiger partial charge in [0, 0.05) is 49.9 Å². The van der Waals surface area contributed by atoms with Gasteiger partial charge >= 0.3 is 0 Å². The van der Waals surface area contributed by atoms with Gasteiger partial charge in [-0.3, -0.25) is 4.90 Å².